The molecule has 0 aliphatic heterocycles. The van der Waals surface area contributed by atoms with Gasteiger partial charge in [0.05, 0.1) is 0 Å². The fourth-order valence-corrected chi connectivity index (χ4v) is 2.27. The Labute approximate surface area is 137 Å². The first kappa shape index (κ1) is 16.9. The fourth-order valence-electron chi connectivity index (χ4n) is 2.27. The smallest absolute Gasteiger partial charge is 0.272 e. The van der Waals surface area contributed by atoms with Gasteiger partial charge < -0.3 is 10.2 Å². The lowest BCUT2D eigenvalue weighted by molar-refractivity contribution is 0.0945. The van der Waals surface area contributed by atoms with Gasteiger partial charge in [0.1, 0.15) is 0 Å². The maximum absolute atomic E-state index is 12.1. The van der Waals surface area contributed by atoms with Crippen LogP contribution in [-0.4, -0.2) is 34.2 Å². The molecule has 2 heterocycles. The normalized spacial score (nSPS) is 10.3. The highest BCUT2D eigenvalue weighted by molar-refractivity contribution is 5.92. The van der Waals surface area contributed by atoms with E-state index in [1.807, 2.05) is 18.2 Å². The molecule has 2 aromatic heterocycles. The van der Waals surface area contributed by atoms with Crippen LogP contribution in [0.25, 0.3) is 0 Å². The number of nitrogens with one attached hydrogen (secondary N) is 1. The van der Waals surface area contributed by atoms with Crippen LogP contribution in [0.1, 0.15) is 42.7 Å². The van der Waals surface area contributed by atoms with Crippen LogP contribution in [0.3, 0.4) is 0 Å². The molecule has 0 aliphatic rings. The summed E-state index contributed by atoms with van der Waals surface area (Å²) in [5, 5.41) is 11.1. The van der Waals surface area contributed by atoms with Crippen LogP contribution in [0.4, 0.5) is 5.82 Å². The zero-order valence-electron chi connectivity index (χ0n) is 13.7. The number of hydrogen-bond donors (Lipinski definition) is 1. The van der Waals surface area contributed by atoms with E-state index in [1.165, 1.54) is 0 Å². The second kappa shape index (κ2) is 8.82. The van der Waals surface area contributed by atoms with Gasteiger partial charge in [0.25, 0.3) is 5.91 Å². The molecule has 2 rings (SSSR count). The van der Waals surface area contributed by atoms with Crippen LogP contribution in [0.2, 0.25) is 0 Å². The highest BCUT2D eigenvalue weighted by Crippen LogP contribution is 2.11. The molecular weight excluding hydrogens is 290 g/mol. The molecule has 0 aromatic carbocycles. The van der Waals surface area contributed by atoms with Crippen molar-refractivity contribution in [2.24, 2.45) is 0 Å². The summed E-state index contributed by atoms with van der Waals surface area (Å²) in [6, 6.07) is 7.33. The third kappa shape index (κ3) is 5.02. The van der Waals surface area contributed by atoms with Gasteiger partial charge in [-0.05, 0) is 36.6 Å². The van der Waals surface area contributed by atoms with E-state index in [0.29, 0.717) is 12.2 Å². The molecule has 6 nitrogen and oxygen atoms in total. The van der Waals surface area contributed by atoms with Crippen molar-refractivity contribution in [2.45, 2.75) is 33.2 Å². The third-order valence-corrected chi connectivity index (χ3v) is 3.37. The molecule has 0 radical (unpaired) electrons. The highest BCUT2D eigenvalue weighted by atomic mass is 16.1. The molecule has 0 fully saturated rings. The molecule has 0 atom stereocenters. The lowest BCUT2D eigenvalue weighted by Crippen LogP contribution is -2.27. The van der Waals surface area contributed by atoms with Crippen LogP contribution >= 0.6 is 0 Å². The van der Waals surface area contributed by atoms with Crippen molar-refractivity contribution < 1.29 is 4.79 Å². The van der Waals surface area contributed by atoms with Crippen molar-refractivity contribution in [3.05, 3.63) is 47.9 Å². The van der Waals surface area contributed by atoms with Gasteiger partial charge in [-0.3, -0.25) is 9.78 Å². The van der Waals surface area contributed by atoms with E-state index >= 15 is 0 Å². The van der Waals surface area contributed by atoms with Crippen molar-refractivity contribution in [1.82, 2.24) is 20.5 Å². The summed E-state index contributed by atoms with van der Waals surface area (Å²) in [7, 11) is 0. The number of anilines is 1. The zero-order chi connectivity index (χ0) is 16.5. The fraction of sp³-hybridized carbons (Fsp3) is 0.412. The SMILES string of the molecule is CCCN(CCC)c1ccc(C(=O)NCc2cccnc2)nn1. The molecule has 23 heavy (non-hydrogen) atoms. The second-order valence-corrected chi connectivity index (χ2v) is 5.31. The average molecular weight is 313 g/mol. The molecule has 2 aromatic rings. The van der Waals surface area contributed by atoms with E-state index in [4.69, 9.17) is 0 Å². The van der Waals surface area contributed by atoms with Crippen molar-refractivity contribution in [1.29, 1.82) is 0 Å². The Balaban J connectivity index is 1.96. The first-order chi connectivity index (χ1) is 11.2. The molecular formula is C17H23N5O. The predicted octanol–water partition coefficient (Wildman–Crippen LogP) is 2.43. The predicted molar refractivity (Wildman–Crippen MR) is 90.2 cm³/mol. The van der Waals surface area contributed by atoms with Crippen molar-refractivity contribution in [3.63, 3.8) is 0 Å². The topological polar surface area (TPSA) is 71.0 Å². The van der Waals surface area contributed by atoms with Gasteiger partial charge in [0.15, 0.2) is 11.5 Å². The molecule has 1 amide bonds. The van der Waals surface area contributed by atoms with Crippen LogP contribution in [0.15, 0.2) is 36.7 Å². The maximum Gasteiger partial charge on any atom is 0.272 e. The maximum atomic E-state index is 12.1. The summed E-state index contributed by atoms with van der Waals surface area (Å²) in [4.78, 5) is 18.3. The van der Waals surface area contributed by atoms with Gasteiger partial charge in [-0.1, -0.05) is 19.9 Å². The zero-order valence-corrected chi connectivity index (χ0v) is 13.7. The number of carbonyl (C=O) groups is 1. The Kier molecular flexibility index (Phi) is 6.47. The Hall–Kier alpha value is -2.50. The third-order valence-electron chi connectivity index (χ3n) is 3.37. The molecule has 0 bridgehead atoms. The van der Waals surface area contributed by atoms with Gasteiger partial charge in [0, 0.05) is 32.0 Å². The molecule has 0 saturated carbocycles. The monoisotopic (exact) mass is 313 g/mol. The van der Waals surface area contributed by atoms with Crippen molar-refractivity contribution in [2.75, 3.05) is 18.0 Å². The molecule has 6 heteroatoms. The number of amides is 1. The standard InChI is InChI=1S/C17H23N5O/c1-3-10-22(11-4-2)16-8-7-15(20-21-16)17(23)19-13-14-6-5-9-18-12-14/h5-9,12H,3-4,10-11,13H2,1-2H3,(H,19,23). The first-order valence-electron chi connectivity index (χ1n) is 8.00. The second-order valence-electron chi connectivity index (χ2n) is 5.31. The summed E-state index contributed by atoms with van der Waals surface area (Å²) >= 11 is 0. The van der Waals surface area contributed by atoms with E-state index in [-0.39, 0.29) is 5.91 Å². The minimum absolute atomic E-state index is 0.231. The number of pyridine rings is 1. The van der Waals surface area contributed by atoms with E-state index in [9.17, 15) is 4.79 Å². The molecule has 0 aliphatic carbocycles. The highest BCUT2D eigenvalue weighted by Gasteiger charge is 2.11. The van der Waals surface area contributed by atoms with E-state index in [2.05, 4.69) is 39.2 Å². The minimum atomic E-state index is -0.231. The molecule has 0 saturated heterocycles. The van der Waals surface area contributed by atoms with Crippen molar-refractivity contribution in [3.8, 4) is 0 Å². The van der Waals surface area contributed by atoms with Crippen LogP contribution in [0, 0.1) is 0 Å². The Morgan fingerprint density at radius 1 is 1.13 bits per heavy atom. The van der Waals surface area contributed by atoms with E-state index in [1.54, 1.807) is 18.5 Å². The largest absolute Gasteiger partial charge is 0.355 e. The Bertz CT molecular complexity index is 594. The lowest BCUT2D eigenvalue weighted by atomic mass is 10.2. The summed E-state index contributed by atoms with van der Waals surface area (Å²) in [6.07, 6.45) is 5.53. The van der Waals surface area contributed by atoms with Crippen LogP contribution in [0.5, 0.6) is 0 Å². The summed E-state index contributed by atoms with van der Waals surface area (Å²) < 4.78 is 0. The van der Waals surface area contributed by atoms with E-state index < -0.39 is 0 Å². The van der Waals surface area contributed by atoms with Gasteiger partial charge in [-0.15, -0.1) is 10.2 Å². The first-order valence-corrected chi connectivity index (χ1v) is 8.00. The molecule has 122 valence electrons. The Morgan fingerprint density at radius 2 is 1.91 bits per heavy atom. The minimum Gasteiger partial charge on any atom is -0.355 e. The average Bonchev–Trinajstić information content (AvgIpc) is 2.60. The number of aromatic nitrogens is 3. The summed E-state index contributed by atoms with van der Waals surface area (Å²) in [5.41, 5.74) is 1.27. The quantitative estimate of drug-likeness (QED) is 0.810. The van der Waals surface area contributed by atoms with Gasteiger partial charge in [0.2, 0.25) is 0 Å². The van der Waals surface area contributed by atoms with Crippen LogP contribution < -0.4 is 10.2 Å². The van der Waals surface area contributed by atoms with E-state index in [0.717, 1.165) is 37.3 Å². The van der Waals surface area contributed by atoms with Gasteiger partial charge in [-0.2, -0.15) is 0 Å². The van der Waals surface area contributed by atoms with Crippen LogP contribution in [-0.2, 0) is 6.54 Å². The lowest BCUT2D eigenvalue weighted by Gasteiger charge is -2.21. The molecule has 0 spiro atoms. The van der Waals surface area contributed by atoms with Gasteiger partial charge in [-0.25, -0.2) is 0 Å². The summed E-state index contributed by atoms with van der Waals surface area (Å²) in [6.45, 7) is 6.57. The Morgan fingerprint density at radius 3 is 2.48 bits per heavy atom. The number of nitrogens with zero attached hydrogens (tertiary/aromatic N) is 4. The molecule has 0 unspecified atom stereocenters. The number of rotatable bonds is 8. The number of hydrogen-bond acceptors (Lipinski definition) is 5. The summed E-state index contributed by atoms with van der Waals surface area (Å²) in [5.74, 6) is 0.586. The van der Waals surface area contributed by atoms with Crippen molar-refractivity contribution >= 4 is 11.7 Å². The van der Waals surface area contributed by atoms with Gasteiger partial charge >= 0.3 is 0 Å². The number of carbonyl (C=O) groups excluding carboxylic acids is 1. The molecule has 1 N–H and O–H groups in total.